The fourth-order valence-corrected chi connectivity index (χ4v) is 3.27. The van der Waals surface area contributed by atoms with E-state index in [0.717, 1.165) is 25.7 Å². The Hall–Kier alpha value is -2.31. The average molecular weight is 362 g/mol. The van der Waals surface area contributed by atoms with Crippen LogP contribution in [0.5, 0.6) is 0 Å². The Labute approximate surface area is 153 Å². The molecule has 0 aromatic heterocycles. The van der Waals surface area contributed by atoms with Gasteiger partial charge in [-0.15, -0.1) is 0 Å². The summed E-state index contributed by atoms with van der Waals surface area (Å²) in [4.78, 5) is 27.7. The van der Waals surface area contributed by atoms with Gasteiger partial charge in [0.05, 0.1) is 5.69 Å². The van der Waals surface area contributed by atoms with E-state index < -0.39 is 0 Å². The van der Waals surface area contributed by atoms with Crippen molar-refractivity contribution in [2.24, 2.45) is 5.92 Å². The van der Waals surface area contributed by atoms with E-state index in [-0.39, 0.29) is 36.3 Å². The van der Waals surface area contributed by atoms with Crippen molar-refractivity contribution in [1.29, 1.82) is 0 Å². The molecule has 2 N–H and O–H groups in total. The molecule has 1 saturated carbocycles. The number of halogens is 1. The van der Waals surface area contributed by atoms with Crippen LogP contribution in [0.25, 0.3) is 0 Å². The predicted molar refractivity (Wildman–Crippen MR) is 98.4 cm³/mol. The van der Waals surface area contributed by atoms with Crippen LogP contribution in [0, 0.1) is 11.7 Å². The van der Waals surface area contributed by atoms with Gasteiger partial charge in [0, 0.05) is 45.7 Å². The number of rotatable bonds is 5. The highest BCUT2D eigenvalue weighted by Gasteiger charge is 2.35. The number of piperidine rings is 1. The number of hydrogen-bond donors (Lipinski definition) is 2. The minimum Gasteiger partial charge on any atom is -0.375 e. The van der Waals surface area contributed by atoms with E-state index in [0.29, 0.717) is 24.3 Å². The van der Waals surface area contributed by atoms with E-state index in [2.05, 4.69) is 10.6 Å². The van der Waals surface area contributed by atoms with E-state index in [1.165, 1.54) is 6.07 Å². The van der Waals surface area contributed by atoms with Crippen LogP contribution in [-0.4, -0.2) is 50.1 Å². The lowest BCUT2D eigenvalue weighted by Gasteiger charge is -2.32. The summed E-state index contributed by atoms with van der Waals surface area (Å²) in [6, 6.07) is 4.77. The first-order valence-electron chi connectivity index (χ1n) is 9.23. The van der Waals surface area contributed by atoms with Gasteiger partial charge in [-0.05, 0) is 43.4 Å². The van der Waals surface area contributed by atoms with Crippen LogP contribution in [0.15, 0.2) is 18.2 Å². The van der Waals surface area contributed by atoms with Crippen LogP contribution in [-0.2, 0) is 11.3 Å². The summed E-state index contributed by atoms with van der Waals surface area (Å²) in [6.45, 7) is 1.68. The lowest BCUT2D eigenvalue weighted by atomic mass is 10.0. The third-order valence-corrected chi connectivity index (χ3v) is 5.02. The number of carbonyl (C=O) groups is 2. The van der Waals surface area contributed by atoms with Gasteiger partial charge >= 0.3 is 6.03 Å². The van der Waals surface area contributed by atoms with Gasteiger partial charge in [0.1, 0.15) is 5.82 Å². The zero-order chi connectivity index (χ0) is 18.7. The monoisotopic (exact) mass is 362 g/mol. The number of likely N-dealkylation sites (tertiary alicyclic amines) is 1. The number of amides is 3. The molecule has 1 aliphatic heterocycles. The highest BCUT2D eigenvalue weighted by atomic mass is 19.1. The van der Waals surface area contributed by atoms with E-state index >= 15 is 0 Å². The molecule has 1 aromatic carbocycles. The summed E-state index contributed by atoms with van der Waals surface area (Å²) in [7, 11) is 3.57. The van der Waals surface area contributed by atoms with Crippen LogP contribution >= 0.6 is 0 Å². The lowest BCUT2D eigenvalue weighted by molar-refractivity contribution is -0.133. The maximum Gasteiger partial charge on any atom is 0.315 e. The fourth-order valence-electron chi connectivity index (χ4n) is 3.27. The van der Waals surface area contributed by atoms with Crippen molar-refractivity contribution in [3.63, 3.8) is 0 Å². The van der Waals surface area contributed by atoms with Gasteiger partial charge in [-0.3, -0.25) is 4.79 Å². The molecule has 1 saturated heterocycles. The normalized spacial score (nSPS) is 17.7. The quantitative estimate of drug-likeness (QED) is 0.843. The molecule has 1 aromatic rings. The molecule has 0 bridgehead atoms. The third-order valence-electron chi connectivity index (χ3n) is 5.02. The van der Waals surface area contributed by atoms with E-state index in [9.17, 15) is 14.0 Å². The summed E-state index contributed by atoms with van der Waals surface area (Å²) in [5.41, 5.74) is 1.24. The molecule has 2 fully saturated rings. The smallest absolute Gasteiger partial charge is 0.315 e. The van der Waals surface area contributed by atoms with E-state index in [1.54, 1.807) is 31.1 Å². The van der Waals surface area contributed by atoms with Gasteiger partial charge in [0.15, 0.2) is 0 Å². The molecule has 7 heteroatoms. The van der Waals surface area contributed by atoms with Crippen LogP contribution in [0.4, 0.5) is 14.9 Å². The highest BCUT2D eigenvalue weighted by molar-refractivity contribution is 5.81. The Morgan fingerprint density at radius 2 is 1.88 bits per heavy atom. The van der Waals surface area contributed by atoms with E-state index in [1.807, 2.05) is 4.90 Å². The predicted octanol–water partition coefficient (Wildman–Crippen LogP) is 2.09. The molecule has 1 heterocycles. The van der Waals surface area contributed by atoms with Crippen molar-refractivity contribution in [3.8, 4) is 0 Å². The molecule has 2 aliphatic rings. The summed E-state index contributed by atoms with van der Waals surface area (Å²) in [6.07, 6.45) is 3.60. The third kappa shape index (κ3) is 4.65. The second-order valence-corrected chi connectivity index (χ2v) is 7.38. The first-order valence-corrected chi connectivity index (χ1v) is 9.23. The first-order chi connectivity index (χ1) is 12.4. The Morgan fingerprint density at radius 1 is 1.19 bits per heavy atom. The molecule has 26 heavy (non-hydrogen) atoms. The molecule has 3 rings (SSSR count). The maximum atomic E-state index is 14.0. The van der Waals surface area contributed by atoms with Gasteiger partial charge in [-0.1, -0.05) is 6.07 Å². The largest absolute Gasteiger partial charge is 0.375 e. The zero-order valence-corrected chi connectivity index (χ0v) is 15.4. The Balaban J connectivity index is 1.40. The zero-order valence-electron chi connectivity index (χ0n) is 15.4. The summed E-state index contributed by atoms with van der Waals surface area (Å²) < 4.78 is 14.0. The number of nitrogens with one attached hydrogen (secondary N) is 2. The summed E-state index contributed by atoms with van der Waals surface area (Å²) in [5.74, 6) is 0.223. The molecule has 6 nitrogen and oxygen atoms in total. The minimum atomic E-state index is -0.303. The Bertz CT molecular complexity index is 668. The van der Waals surface area contributed by atoms with Gasteiger partial charge in [0.2, 0.25) is 5.91 Å². The molecule has 0 radical (unpaired) electrons. The van der Waals surface area contributed by atoms with Crippen LogP contribution in [0.1, 0.15) is 31.2 Å². The lowest BCUT2D eigenvalue weighted by Crippen LogP contribution is -2.49. The van der Waals surface area contributed by atoms with Crippen molar-refractivity contribution in [2.45, 2.75) is 38.3 Å². The molecule has 3 amide bonds. The molecule has 0 atom stereocenters. The number of nitrogens with zero attached hydrogens (tertiary/aromatic N) is 2. The summed E-state index contributed by atoms with van der Waals surface area (Å²) >= 11 is 0. The summed E-state index contributed by atoms with van der Waals surface area (Å²) in [5, 5.41) is 5.72. The van der Waals surface area contributed by atoms with Crippen LogP contribution < -0.4 is 15.5 Å². The SMILES string of the molecule is CN(C)c1ccc(CNC(=O)NC2CCN(C(=O)C3CC3)CC2)cc1F. The number of hydrogen-bond acceptors (Lipinski definition) is 3. The van der Waals surface area contributed by atoms with E-state index in [4.69, 9.17) is 0 Å². The average Bonchev–Trinajstić information content (AvgIpc) is 3.45. The number of benzene rings is 1. The van der Waals surface area contributed by atoms with Crippen LogP contribution in [0.2, 0.25) is 0 Å². The number of anilines is 1. The molecule has 1 aliphatic carbocycles. The second kappa shape index (κ2) is 7.93. The molecule has 0 spiro atoms. The second-order valence-electron chi connectivity index (χ2n) is 7.38. The van der Waals surface area contributed by atoms with Gasteiger partial charge in [-0.25, -0.2) is 9.18 Å². The number of urea groups is 1. The van der Waals surface area contributed by atoms with Gasteiger partial charge in [-0.2, -0.15) is 0 Å². The fraction of sp³-hybridized carbons (Fsp3) is 0.579. The Morgan fingerprint density at radius 3 is 2.46 bits per heavy atom. The highest BCUT2D eigenvalue weighted by Crippen LogP contribution is 2.31. The van der Waals surface area contributed by atoms with Crippen molar-refractivity contribution >= 4 is 17.6 Å². The molecular weight excluding hydrogens is 335 g/mol. The maximum absolute atomic E-state index is 14.0. The number of carbonyl (C=O) groups excluding carboxylic acids is 2. The molecular formula is C19H27FN4O2. The van der Waals surface area contributed by atoms with Gasteiger partial charge < -0.3 is 20.4 Å². The molecule has 142 valence electrons. The van der Waals surface area contributed by atoms with Gasteiger partial charge in [0.25, 0.3) is 0 Å². The standard InChI is InChI=1S/C19H27FN4O2/c1-23(2)17-6-3-13(11-16(17)20)12-21-19(26)22-15-7-9-24(10-8-15)18(25)14-4-5-14/h3,6,11,14-15H,4-5,7-10,12H2,1-2H3,(H2,21,22,26). The van der Waals surface area contributed by atoms with Crippen LogP contribution in [0.3, 0.4) is 0 Å². The van der Waals surface area contributed by atoms with Crippen molar-refractivity contribution in [2.75, 3.05) is 32.1 Å². The van der Waals surface area contributed by atoms with Crippen molar-refractivity contribution in [1.82, 2.24) is 15.5 Å². The van der Waals surface area contributed by atoms with Crippen molar-refractivity contribution in [3.05, 3.63) is 29.6 Å². The molecule has 0 unspecified atom stereocenters. The minimum absolute atomic E-state index is 0.0751. The van der Waals surface area contributed by atoms with Crippen molar-refractivity contribution < 1.29 is 14.0 Å². The topological polar surface area (TPSA) is 64.7 Å². The first kappa shape index (κ1) is 18.5. The Kier molecular flexibility index (Phi) is 5.64.